The predicted octanol–water partition coefficient (Wildman–Crippen LogP) is 4.06. The number of benzene rings is 2. The average Bonchev–Trinajstić information content (AvgIpc) is 3.35. The molecule has 1 saturated heterocycles. The van der Waals surface area contributed by atoms with Crippen LogP contribution in [0.3, 0.4) is 0 Å². The average molecular weight is 377 g/mol. The minimum Gasteiger partial charge on any atom is -0.507 e. The van der Waals surface area contributed by atoms with Gasteiger partial charge in [0.05, 0.1) is 18.7 Å². The molecule has 1 saturated carbocycles. The molecule has 0 spiro atoms. The maximum Gasteiger partial charge on any atom is 0.295 e. The number of aliphatic hydroxyl groups is 1. The summed E-state index contributed by atoms with van der Waals surface area (Å²) in [6.07, 6.45) is 3.85. The van der Waals surface area contributed by atoms with Crippen molar-refractivity contribution in [3.63, 3.8) is 0 Å². The van der Waals surface area contributed by atoms with Gasteiger partial charge in [-0.15, -0.1) is 0 Å². The molecule has 28 heavy (non-hydrogen) atoms. The fraction of sp³-hybridized carbons (Fsp3) is 0.304. The summed E-state index contributed by atoms with van der Waals surface area (Å²) in [4.78, 5) is 27.6. The van der Waals surface area contributed by atoms with Crippen LogP contribution >= 0.6 is 0 Å². The normalized spacial score (nSPS) is 22.0. The molecule has 5 nitrogen and oxygen atoms in total. The third kappa shape index (κ3) is 3.07. The Morgan fingerprint density at radius 1 is 1.00 bits per heavy atom. The van der Waals surface area contributed by atoms with E-state index in [1.807, 2.05) is 30.3 Å². The van der Waals surface area contributed by atoms with Crippen LogP contribution < -0.4 is 4.74 Å². The quantitative estimate of drug-likeness (QED) is 0.496. The highest BCUT2D eigenvalue weighted by atomic mass is 16.5. The monoisotopic (exact) mass is 377 g/mol. The lowest BCUT2D eigenvalue weighted by Gasteiger charge is -2.30. The van der Waals surface area contributed by atoms with Crippen molar-refractivity contribution in [3.05, 3.63) is 71.3 Å². The van der Waals surface area contributed by atoms with Gasteiger partial charge in [0.15, 0.2) is 0 Å². The number of carbonyl (C=O) groups excluding carboxylic acids is 2. The maximum absolute atomic E-state index is 13.0. The Morgan fingerprint density at radius 2 is 1.64 bits per heavy atom. The van der Waals surface area contributed by atoms with Gasteiger partial charge in [-0.25, -0.2) is 0 Å². The van der Waals surface area contributed by atoms with E-state index < -0.39 is 17.7 Å². The number of rotatable bonds is 4. The van der Waals surface area contributed by atoms with Crippen molar-refractivity contribution in [2.45, 2.75) is 37.8 Å². The summed E-state index contributed by atoms with van der Waals surface area (Å²) < 4.78 is 5.24. The number of hydrogen-bond acceptors (Lipinski definition) is 4. The number of likely N-dealkylation sites (tertiary alicyclic amines) is 1. The van der Waals surface area contributed by atoms with Crippen LogP contribution in [0.1, 0.15) is 42.9 Å². The number of aliphatic hydroxyl groups excluding tert-OH is 1. The van der Waals surface area contributed by atoms with Gasteiger partial charge >= 0.3 is 0 Å². The summed E-state index contributed by atoms with van der Waals surface area (Å²) >= 11 is 0. The molecule has 1 atom stereocenters. The SMILES string of the molecule is COc1ccc(C2/C(=C(/O)c3ccccc3)C(=O)C(=O)N2C2CCCC2)cc1. The third-order valence-electron chi connectivity index (χ3n) is 5.68. The van der Waals surface area contributed by atoms with Gasteiger partial charge in [-0.05, 0) is 30.5 Å². The molecule has 2 aromatic carbocycles. The molecule has 0 aromatic heterocycles. The first kappa shape index (κ1) is 18.3. The lowest BCUT2D eigenvalue weighted by atomic mass is 9.94. The Balaban J connectivity index is 1.86. The smallest absolute Gasteiger partial charge is 0.295 e. The molecule has 2 aromatic rings. The molecule has 1 unspecified atom stereocenters. The molecule has 2 fully saturated rings. The number of hydrogen-bond donors (Lipinski definition) is 1. The second-order valence-electron chi connectivity index (χ2n) is 7.28. The van der Waals surface area contributed by atoms with Crippen LogP contribution in [0, 0.1) is 0 Å². The number of amides is 1. The Bertz CT molecular complexity index is 911. The van der Waals surface area contributed by atoms with E-state index in [9.17, 15) is 14.7 Å². The first-order valence-corrected chi connectivity index (χ1v) is 9.61. The van der Waals surface area contributed by atoms with Gasteiger partial charge in [0, 0.05) is 11.6 Å². The highest BCUT2D eigenvalue weighted by Gasteiger charge is 2.49. The highest BCUT2D eigenvalue weighted by Crippen LogP contribution is 2.43. The van der Waals surface area contributed by atoms with Crippen LogP contribution in [0.5, 0.6) is 5.75 Å². The van der Waals surface area contributed by atoms with E-state index in [1.165, 1.54) is 0 Å². The van der Waals surface area contributed by atoms with Gasteiger partial charge in [0.2, 0.25) is 0 Å². The van der Waals surface area contributed by atoms with Crippen molar-refractivity contribution in [1.82, 2.24) is 4.90 Å². The Labute approximate surface area is 164 Å². The largest absolute Gasteiger partial charge is 0.507 e. The number of ether oxygens (including phenoxy) is 1. The number of nitrogens with zero attached hydrogens (tertiary/aromatic N) is 1. The number of ketones is 1. The van der Waals surface area contributed by atoms with E-state index >= 15 is 0 Å². The van der Waals surface area contributed by atoms with Crippen molar-refractivity contribution < 1.29 is 19.4 Å². The zero-order valence-electron chi connectivity index (χ0n) is 15.8. The molecule has 1 N–H and O–H groups in total. The lowest BCUT2D eigenvalue weighted by Crippen LogP contribution is -2.37. The molecular weight excluding hydrogens is 354 g/mol. The summed E-state index contributed by atoms with van der Waals surface area (Å²) in [6.45, 7) is 0. The zero-order chi connectivity index (χ0) is 19.7. The van der Waals surface area contributed by atoms with Crippen molar-refractivity contribution in [1.29, 1.82) is 0 Å². The minimum atomic E-state index is -0.617. The third-order valence-corrected chi connectivity index (χ3v) is 5.68. The Kier molecular flexibility index (Phi) is 4.90. The van der Waals surface area contributed by atoms with Gasteiger partial charge < -0.3 is 14.7 Å². The van der Waals surface area contributed by atoms with Crippen LogP contribution in [-0.4, -0.2) is 34.8 Å². The fourth-order valence-electron chi connectivity index (χ4n) is 4.27. The van der Waals surface area contributed by atoms with E-state index in [0.29, 0.717) is 11.3 Å². The molecule has 0 radical (unpaired) electrons. The van der Waals surface area contributed by atoms with Crippen LogP contribution in [0.2, 0.25) is 0 Å². The summed E-state index contributed by atoms with van der Waals surface area (Å²) in [5, 5.41) is 11.0. The summed E-state index contributed by atoms with van der Waals surface area (Å²) in [5.41, 5.74) is 1.49. The first-order valence-electron chi connectivity index (χ1n) is 9.61. The molecule has 2 aliphatic rings. The van der Waals surface area contributed by atoms with E-state index in [-0.39, 0.29) is 17.4 Å². The maximum atomic E-state index is 13.0. The molecule has 4 rings (SSSR count). The molecular formula is C23H23NO4. The van der Waals surface area contributed by atoms with Crippen molar-refractivity contribution in [2.24, 2.45) is 0 Å². The summed E-state index contributed by atoms with van der Waals surface area (Å²) in [7, 11) is 1.59. The van der Waals surface area contributed by atoms with Crippen molar-refractivity contribution in [3.8, 4) is 5.75 Å². The molecule has 1 amide bonds. The topological polar surface area (TPSA) is 66.8 Å². The van der Waals surface area contributed by atoms with Crippen molar-refractivity contribution >= 4 is 17.4 Å². The summed E-state index contributed by atoms with van der Waals surface area (Å²) in [5.74, 6) is -0.566. The molecule has 0 bridgehead atoms. The van der Waals surface area contributed by atoms with Crippen LogP contribution in [0.15, 0.2) is 60.2 Å². The first-order chi connectivity index (χ1) is 13.6. The van der Waals surface area contributed by atoms with Gasteiger partial charge in [0.25, 0.3) is 11.7 Å². The van der Waals surface area contributed by atoms with Gasteiger partial charge in [-0.2, -0.15) is 0 Å². The highest BCUT2D eigenvalue weighted by molar-refractivity contribution is 6.46. The molecule has 1 heterocycles. The summed E-state index contributed by atoms with van der Waals surface area (Å²) in [6, 6.07) is 15.7. The molecule has 5 heteroatoms. The van der Waals surface area contributed by atoms with Gasteiger partial charge in [-0.3, -0.25) is 9.59 Å². The van der Waals surface area contributed by atoms with E-state index in [1.54, 1.807) is 36.3 Å². The van der Waals surface area contributed by atoms with Gasteiger partial charge in [-0.1, -0.05) is 55.3 Å². The Hall–Kier alpha value is -3.08. The Morgan fingerprint density at radius 3 is 2.25 bits per heavy atom. The second kappa shape index (κ2) is 7.50. The minimum absolute atomic E-state index is 0.0182. The molecule has 1 aliphatic carbocycles. The zero-order valence-corrected chi connectivity index (χ0v) is 15.8. The number of methoxy groups -OCH3 is 1. The fourth-order valence-corrected chi connectivity index (χ4v) is 4.27. The van der Waals surface area contributed by atoms with Crippen LogP contribution in [0.25, 0.3) is 5.76 Å². The van der Waals surface area contributed by atoms with E-state index in [0.717, 1.165) is 31.2 Å². The second-order valence-corrected chi connectivity index (χ2v) is 7.28. The molecule has 144 valence electrons. The van der Waals surface area contributed by atoms with Crippen LogP contribution in [0.4, 0.5) is 0 Å². The standard InChI is InChI=1S/C23H23NO4/c1-28-18-13-11-15(12-14-18)20-19(21(25)16-7-3-2-4-8-16)22(26)23(27)24(20)17-9-5-6-10-17/h2-4,7-8,11-14,17,20,25H,5-6,9-10H2,1H3/b21-19-. The predicted molar refractivity (Wildman–Crippen MR) is 106 cm³/mol. The van der Waals surface area contributed by atoms with Crippen LogP contribution in [-0.2, 0) is 9.59 Å². The lowest BCUT2D eigenvalue weighted by molar-refractivity contribution is -0.141. The van der Waals surface area contributed by atoms with Crippen molar-refractivity contribution in [2.75, 3.05) is 7.11 Å². The number of Topliss-reactive ketones (excluding diaryl/α,β-unsaturated/α-hetero) is 1. The molecule has 1 aliphatic heterocycles. The van der Waals surface area contributed by atoms with E-state index in [2.05, 4.69) is 0 Å². The number of carbonyl (C=O) groups is 2. The van der Waals surface area contributed by atoms with Gasteiger partial charge in [0.1, 0.15) is 11.5 Å². The van der Waals surface area contributed by atoms with E-state index in [4.69, 9.17) is 4.74 Å².